The number of aromatic nitrogens is 4. The highest BCUT2D eigenvalue weighted by molar-refractivity contribution is 5.84. The van der Waals surface area contributed by atoms with Crippen LogP contribution in [0.5, 0.6) is 11.6 Å². The standard InChI is InChI=1S/C23H16N4O2/c1-15-6-8-18(9-7-15)28-22-19(14-17-4-2-3-5-20(17)25-22)23-27-26-21(29-23)16-10-12-24-13-11-16/h2-14H,1H3. The van der Waals surface area contributed by atoms with E-state index in [-0.39, 0.29) is 0 Å². The van der Waals surface area contributed by atoms with Crippen molar-refractivity contribution >= 4 is 10.9 Å². The van der Waals surface area contributed by atoms with Crippen LogP contribution in [0.1, 0.15) is 5.56 Å². The minimum absolute atomic E-state index is 0.345. The van der Waals surface area contributed by atoms with E-state index in [9.17, 15) is 0 Å². The highest BCUT2D eigenvalue weighted by Crippen LogP contribution is 2.35. The third-order valence-electron chi connectivity index (χ3n) is 4.51. The first-order valence-corrected chi connectivity index (χ1v) is 9.15. The van der Waals surface area contributed by atoms with Crippen LogP contribution >= 0.6 is 0 Å². The lowest BCUT2D eigenvalue weighted by molar-refractivity contribution is 0.463. The molecule has 6 heteroatoms. The summed E-state index contributed by atoms with van der Waals surface area (Å²) >= 11 is 0. The van der Waals surface area contributed by atoms with E-state index >= 15 is 0 Å². The second-order valence-electron chi connectivity index (χ2n) is 6.60. The van der Waals surface area contributed by atoms with Crippen LogP contribution in [0, 0.1) is 6.92 Å². The molecule has 3 heterocycles. The highest BCUT2D eigenvalue weighted by atomic mass is 16.5. The minimum Gasteiger partial charge on any atom is -0.438 e. The first-order valence-electron chi connectivity index (χ1n) is 9.15. The fourth-order valence-electron chi connectivity index (χ4n) is 2.99. The number of hydrogen-bond donors (Lipinski definition) is 0. The fraction of sp³-hybridized carbons (Fsp3) is 0.0435. The van der Waals surface area contributed by atoms with E-state index in [2.05, 4.69) is 15.2 Å². The molecule has 140 valence electrons. The number of rotatable bonds is 4. The van der Waals surface area contributed by atoms with Crippen LogP contribution in [0.25, 0.3) is 33.8 Å². The Hall–Kier alpha value is -4.06. The smallest absolute Gasteiger partial charge is 0.253 e. The van der Waals surface area contributed by atoms with Gasteiger partial charge in [-0.1, -0.05) is 35.9 Å². The van der Waals surface area contributed by atoms with Crippen molar-refractivity contribution in [3.05, 3.63) is 84.7 Å². The van der Waals surface area contributed by atoms with E-state index in [1.54, 1.807) is 12.4 Å². The van der Waals surface area contributed by atoms with Gasteiger partial charge in [0.1, 0.15) is 11.3 Å². The van der Waals surface area contributed by atoms with Gasteiger partial charge in [-0.05, 0) is 43.3 Å². The lowest BCUT2D eigenvalue weighted by Gasteiger charge is -2.10. The predicted molar refractivity (Wildman–Crippen MR) is 110 cm³/mol. The molecule has 0 aliphatic carbocycles. The van der Waals surface area contributed by atoms with E-state index in [0.717, 1.165) is 22.0 Å². The lowest BCUT2D eigenvalue weighted by Crippen LogP contribution is -1.93. The molecule has 6 nitrogen and oxygen atoms in total. The zero-order valence-electron chi connectivity index (χ0n) is 15.6. The Kier molecular flexibility index (Phi) is 4.22. The third kappa shape index (κ3) is 3.43. The summed E-state index contributed by atoms with van der Waals surface area (Å²) in [6.45, 7) is 2.03. The molecule has 5 rings (SSSR count). The van der Waals surface area contributed by atoms with Gasteiger partial charge < -0.3 is 9.15 Å². The molecule has 0 bridgehead atoms. The van der Waals surface area contributed by atoms with E-state index in [1.807, 2.05) is 73.7 Å². The average Bonchev–Trinajstić information content (AvgIpc) is 3.26. The molecule has 0 saturated heterocycles. The van der Waals surface area contributed by atoms with Gasteiger partial charge in [0.15, 0.2) is 0 Å². The predicted octanol–water partition coefficient (Wildman–Crippen LogP) is 5.45. The summed E-state index contributed by atoms with van der Waals surface area (Å²) in [6, 6.07) is 21.2. The van der Waals surface area contributed by atoms with Crippen molar-refractivity contribution in [1.29, 1.82) is 0 Å². The Morgan fingerprint density at radius 1 is 0.828 bits per heavy atom. The van der Waals surface area contributed by atoms with Gasteiger partial charge in [-0.2, -0.15) is 0 Å². The molecule has 0 fully saturated rings. The highest BCUT2D eigenvalue weighted by Gasteiger charge is 2.18. The third-order valence-corrected chi connectivity index (χ3v) is 4.51. The Bertz CT molecular complexity index is 1280. The number of benzene rings is 2. The number of ether oxygens (including phenoxy) is 1. The average molecular weight is 380 g/mol. The molecule has 2 aromatic carbocycles. The lowest BCUT2D eigenvalue weighted by atomic mass is 10.1. The summed E-state index contributed by atoms with van der Waals surface area (Å²) in [6.07, 6.45) is 3.37. The molecular formula is C23H16N4O2. The monoisotopic (exact) mass is 380 g/mol. The second-order valence-corrected chi connectivity index (χ2v) is 6.60. The molecule has 0 aliphatic rings. The van der Waals surface area contributed by atoms with Gasteiger partial charge in [-0.15, -0.1) is 10.2 Å². The number of fused-ring (bicyclic) bond motifs is 1. The molecule has 0 saturated carbocycles. The molecule has 0 aliphatic heterocycles. The van der Waals surface area contributed by atoms with Gasteiger partial charge in [0.2, 0.25) is 11.8 Å². The van der Waals surface area contributed by atoms with Crippen molar-refractivity contribution in [2.75, 3.05) is 0 Å². The van der Waals surface area contributed by atoms with Gasteiger partial charge in [0.05, 0.1) is 5.52 Å². The molecular weight excluding hydrogens is 364 g/mol. The largest absolute Gasteiger partial charge is 0.438 e. The van der Waals surface area contributed by atoms with Gasteiger partial charge in [0.25, 0.3) is 5.89 Å². The van der Waals surface area contributed by atoms with Gasteiger partial charge >= 0.3 is 0 Å². The van der Waals surface area contributed by atoms with Crippen molar-refractivity contribution in [1.82, 2.24) is 20.2 Å². The number of para-hydroxylation sites is 1. The number of nitrogens with zero attached hydrogens (tertiary/aromatic N) is 4. The molecule has 0 N–H and O–H groups in total. The number of hydrogen-bond acceptors (Lipinski definition) is 6. The summed E-state index contributed by atoms with van der Waals surface area (Å²) < 4.78 is 12.0. The van der Waals surface area contributed by atoms with Crippen molar-refractivity contribution in [3.63, 3.8) is 0 Å². The van der Waals surface area contributed by atoms with Crippen LogP contribution in [0.2, 0.25) is 0 Å². The van der Waals surface area contributed by atoms with Crippen LogP contribution < -0.4 is 4.74 Å². The number of aryl methyl sites for hydroxylation is 1. The van der Waals surface area contributed by atoms with Crippen molar-refractivity contribution < 1.29 is 9.15 Å². The van der Waals surface area contributed by atoms with Gasteiger partial charge in [-0.3, -0.25) is 4.98 Å². The second kappa shape index (κ2) is 7.16. The SMILES string of the molecule is Cc1ccc(Oc2nc3ccccc3cc2-c2nnc(-c3ccncc3)o2)cc1. The van der Waals surface area contributed by atoms with E-state index in [4.69, 9.17) is 14.1 Å². The molecule has 0 spiro atoms. The van der Waals surface area contributed by atoms with Gasteiger partial charge in [0, 0.05) is 23.3 Å². The van der Waals surface area contributed by atoms with Crippen molar-refractivity contribution in [3.8, 4) is 34.5 Å². The van der Waals surface area contributed by atoms with Crippen molar-refractivity contribution in [2.24, 2.45) is 0 Å². The summed E-state index contributed by atoms with van der Waals surface area (Å²) in [5, 5.41) is 9.36. The molecule has 29 heavy (non-hydrogen) atoms. The first-order chi connectivity index (χ1) is 14.3. The first kappa shape index (κ1) is 17.1. The Morgan fingerprint density at radius 3 is 2.41 bits per heavy atom. The maximum absolute atomic E-state index is 6.09. The topological polar surface area (TPSA) is 73.9 Å². The summed E-state index contributed by atoms with van der Waals surface area (Å²) in [7, 11) is 0. The molecule has 0 unspecified atom stereocenters. The Morgan fingerprint density at radius 2 is 1.59 bits per heavy atom. The summed E-state index contributed by atoms with van der Waals surface area (Å²) in [5.41, 5.74) is 3.42. The molecule has 3 aromatic heterocycles. The van der Waals surface area contributed by atoms with E-state index < -0.39 is 0 Å². The quantitative estimate of drug-likeness (QED) is 0.413. The zero-order chi connectivity index (χ0) is 19.6. The zero-order valence-corrected chi connectivity index (χ0v) is 15.6. The molecule has 0 amide bonds. The van der Waals surface area contributed by atoms with E-state index in [1.165, 1.54) is 0 Å². The molecule has 5 aromatic rings. The van der Waals surface area contributed by atoms with Crippen LogP contribution in [-0.2, 0) is 0 Å². The minimum atomic E-state index is 0.345. The normalized spacial score (nSPS) is 10.9. The Balaban J connectivity index is 1.62. The van der Waals surface area contributed by atoms with Gasteiger partial charge in [-0.25, -0.2) is 4.98 Å². The summed E-state index contributed by atoms with van der Waals surface area (Å²) in [4.78, 5) is 8.71. The van der Waals surface area contributed by atoms with Crippen LogP contribution in [-0.4, -0.2) is 20.2 Å². The maximum Gasteiger partial charge on any atom is 0.253 e. The number of pyridine rings is 2. The molecule has 0 atom stereocenters. The molecule has 0 radical (unpaired) electrons. The fourth-order valence-corrected chi connectivity index (χ4v) is 2.99. The summed E-state index contributed by atoms with van der Waals surface area (Å²) in [5.74, 6) is 1.86. The van der Waals surface area contributed by atoms with Crippen LogP contribution in [0.3, 0.4) is 0 Å². The van der Waals surface area contributed by atoms with Crippen LogP contribution in [0.15, 0.2) is 83.5 Å². The van der Waals surface area contributed by atoms with E-state index in [0.29, 0.717) is 29.0 Å². The Labute approximate surface area is 166 Å². The van der Waals surface area contributed by atoms with Crippen LogP contribution in [0.4, 0.5) is 0 Å². The maximum atomic E-state index is 6.09. The van der Waals surface area contributed by atoms with Crippen molar-refractivity contribution in [2.45, 2.75) is 6.92 Å².